The molecule has 0 aromatic heterocycles. The molecule has 1 fully saturated rings. The van der Waals surface area contributed by atoms with Gasteiger partial charge in [-0.1, -0.05) is 13.3 Å². The molecule has 1 aliphatic carbocycles. The summed E-state index contributed by atoms with van der Waals surface area (Å²) in [5.74, 6) is 0.860. The monoisotopic (exact) mass is 260 g/mol. The molecule has 100 valence electrons. The summed E-state index contributed by atoms with van der Waals surface area (Å²) in [6.45, 7) is 2.17. The highest BCUT2D eigenvalue weighted by atomic mass is 16.6. The van der Waals surface area contributed by atoms with Gasteiger partial charge in [0.2, 0.25) is 0 Å². The van der Waals surface area contributed by atoms with Gasteiger partial charge in [0.1, 0.15) is 0 Å². The maximum atomic E-state index is 11.0. The number of hydrogen-bond donors (Lipinski definition) is 0. The lowest BCUT2D eigenvalue weighted by atomic mass is 9.89. The number of nitro groups is 1. The van der Waals surface area contributed by atoms with E-state index in [2.05, 4.69) is 6.92 Å². The average Bonchev–Trinajstić information content (AvgIpc) is 2.39. The van der Waals surface area contributed by atoms with Crippen LogP contribution in [0.5, 0.6) is 5.75 Å². The van der Waals surface area contributed by atoms with Crippen molar-refractivity contribution >= 4 is 5.69 Å². The van der Waals surface area contributed by atoms with E-state index in [1.54, 1.807) is 6.07 Å². The fourth-order valence-corrected chi connectivity index (χ4v) is 2.49. The Bertz CT molecular complexity index is 522. The van der Waals surface area contributed by atoms with E-state index in [1.165, 1.54) is 18.6 Å². The summed E-state index contributed by atoms with van der Waals surface area (Å²) in [7, 11) is 0. The molecule has 5 nitrogen and oxygen atoms in total. The lowest BCUT2D eigenvalue weighted by Gasteiger charge is -2.27. The van der Waals surface area contributed by atoms with Crippen LogP contribution >= 0.6 is 0 Å². The van der Waals surface area contributed by atoms with Crippen LogP contribution in [-0.4, -0.2) is 11.0 Å². The zero-order valence-electron chi connectivity index (χ0n) is 10.8. The van der Waals surface area contributed by atoms with Crippen molar-refractivity contribution in [3.05, 3.63) is 33.9 Å². The highest BCUT2D eigenvalue weighted by Gasteiger charge is 2.24. The third-order valence-corrected chi connectivity index (χ3v) is 3.47. The third kappa shape index (κ3) is 3.22. The highest BCUT2D eigenvalue weighted by Crippen LogP contribution is 2.32. The van der Waals surface area contributed by atoms with Gasteiger partial charge in [-0.3, -0.25) is 10.1 Å². The second kappa shape index (κ2) is 5.70. The number of nitrogens with zero attached hydrogens (tertiary/aromatic N) is 2. The Hall–Kier alpha value is -2.09. The molecule has 19 heavy (non-hydrogen) atoms. The summed E-state index contributed by atoms with van der Waals surface area (Å²) in [6.07, 6.45) is 4.18. The van der Waals surface area contributed by atoms with E-state index in [9.17, 15) is 10.1 Å². The SMILES string of the molecule is CC1CCCC(Oc2ccc(C#N)cc2[N+](=O)[O-])C1. The largest absolute Gasteiger partial charge is 0.483 e. The highest BCUT2D eigenvalue weighted by molar-refractivity contribution is 5.51. The van der Waals surface area contributed by atoms with Crippen molar-refractivity contribution in [3.63, 3.8) is 0 Å². The standard InChI is InChI=1S/C14H16N2O3/c1-10-3-2-4-12(7-10)19-14-6-5-11(9-15)8-13(14)16(17)18/h5-6,8,10,12H,2-4,7H2,1H3. The predicted molar refractivity (Wildman–Crippen MR) is 69.9 cm³/mol. The fourth-order valence-electron chi connectivity index (χ4n) is 2.49. The Morgan fingerprint density at radius 2 is 2.26 bits per heavy atom. The minimum atomic E-state index is -0.498. The molecular formula is C14H16N2O3. The van der Waals surface area contributed by atoms with Gasteiger partial charge in [0.05, 0.1) is 22.7 Å². The summed E-state index contributed by atoms with van der Waals surface area (Å²) >= 11 is 0. The summed E-state index contributed by atoms with van der Waals surface area (Å²) < 4.78 is 5.77. The molecule has 2 atom stereocenters. The molecule has 0 radical (unpaired) electrons. The van der Waals surface area contributed by atoms with Gasteiger partial charge in [0.15, 0.2) is 5.75 Å². The number of ether oxygens (including phenoxy) is 1. The van der Waals surface area contributed by atoms with Crippen molar-refractivity contribution in [3.8, 4) is 11.8 Å². The molecule has 0 spiro atoms. The molecule has 2 rings (SSSR count). The second-order valence-corrected chi connectivity index (χ2v) is 5.06. The van der Waals surface area contributed by atoms with E-state index >= 15 is 0 Å². The van der Waals surface area contributed by atoms with Crippen molar-refractivity contribution in [2.45, 2.75) is 38.7 Å². The molecule has 2 unspecified atom stereocenters. The normalized spacial score (nSPS) is 22.5. The van der Waals surface area contributed by atoms with Crippen LogP contribution in [0.2, 0.25) is 0 Å². The summed E-state index contributed by atoms with van der Waals surface area (Å²) in [4.78, 5) is 10.5. The van der Waals surface area contributed by atoms with Gasteiger partial charge in [-0.05, 0) is 37.3 Å². The molecule has 0 saturated heterocycles. The summed E-state index contributed by atoms with van der Waals surface area (Å²) in [6, 6.07) is 6.24. The zero-order valence-corrected chi connectivity index (χ0v) is 10.8. The second-order valence-electron chi connectivity index (χ2n) is 5.06. The first-order valence-corrected chi connectivity index (χ1v) is 6.45. The van der Waals surface area contributed by atoms with Gasteiger partial charge in [0, 0.05) is 6.07 Å². The molecule has 1 aliphatic rings. The molecule has 0 N–H and O–H groups in total. The quantitative estimate of drug-likeness (QED) is 0.616. The van der Waals surface area contributed by atoms with E-state index in [4.69, 9.17) is 10.00 Å². The Balaban J connectivity index is 2.20. The third-order valence-electron chi connectivity index (χ3n) is 3.47. The fraction of sp³-hybridized carbons (Fsp3) is 0.500. The maximum absolute atomic E-state index is 11.0. The van der Waals surface area contributed by atoms with Crippen molar-refractivity contribution in [2.75, 3.05) is 0 Å². The Kier molecular flexibility index (Phi) is 4.00. The lowest BCUT2D eigenvalue weighted by Crippen LogP contribution is -2.24. The smallest absolute Gasteiger partial charge is 0.312 e. The van der Waals surface area contributed by atoms with Crippen LogP contribution in [0.25, 0.3) is 0 Å². The number of rotatable bonds is 3. The molecule has 0 aliphatic heterocycles. The minimum Gasteiger partial charge on any atom is -0.483 e. The molecule has 1 saturated carbocycles. The van der Waals surface area contributed by atoms with Gasteiger partial charge in [0.25, 0.3) is 0 Å². The van der Waals surface area contributed by atoms with E-state index in [1.807, 2.05) is 6.07 Å². The minimum absolute atomic E-state index is 0.0374. The van der Waals surface area contributed by atoms with Crippen LogP contribution in [0.15, 0.2) is 18.2 Å². The molecule has 0 bridgehead atoms. The van der Waals surface area contributed by atoms with Gasteiger partial charge in [-0.2, -0.15) is 5.26 Å². The van der Waals surface area contributed by atoms with Crippen LogP contribution in [0.1, 0.15) is 38.2 Å². The lowest BCUT2D eigenvalue weighted by molar-refractivity contribution is -0.386. The summed E-state index contributed by atoms with van der Waals surface area (Å²) in [5.41, 5.74) is 0.147. The number of nitriles is 1. The first kappa shape index (κ1) is 13.3. The zero-order chi connectivity index (χ0) is 13.8. The molecule has 5 heteroatoms. The molecule has 1 aromatic carbocycles. The maximum Gasteiger partial charge on any atom is 0.312 e. The average molecular weight is 260 g/mol. The van der Waals surface area contributed by atoms with Gasteiger partial charge in [-0.25, -0.2) is 0 Å². The van der Waals surface area contributed by atoms with Gasteiger partial charge in [-0.15, -0.1) is 0 Å². The van der Waals surface area contributed by atoms with Crippen LogP contribution in [0.3, 0.4) is 0 Å². The van der Waals surface area contributed by atoms with Crippen molar-refractivity contribution in [1.82, 2.24) is 0 Å². The number of benzene rings is 1. The first-order valence-electron chi connectivity index (χ1n) is 6.45. The van der Waals surface area contributed by atoms with Crippen molar-refractivity contribution in [1.29, 1.82) is 5.26 Å². The Morgan fingerprint density at radius 1 is 1.47 bits per heavy atom. The first-order chi connectivity index (χ1) is 9.10. The number of hydrogen-bond acceptors (Lipinski definition) is 4. The molecule has 0 heterocycles. The predicted octanol–water partition coefficient (Wildman–Crippen LogP) is 3.42. The van der Waals surface area contributed by atoms with E-state index in [-0.39, 0.29) is 23.1 Å². The molecule has 0 amide bonds. The number of nitro benzene ring substituents is 1. The van der Waals surface area contributed by atoms with E-state index in [0.717, 1.165) is 19.3 Å². The topological polar surface area (TPSA) is 76.2 Å². The Morgan fingerprint density at radius 3 is 2.89 bits per heavy atom. The van der Waals surface area contributed by atoms with Crippen LogP contribution < -0.4 is 4.74 Å². The molecule has 1 aromatic rings. The van der Waals surface area contributed by atoms with E-state index < -0.39 is 4.92 Å². The molecular weight excluding hydrogens is 244 g/mol. The van der Waals surface area contributed by atoms with Crippen molar-refractivity contribution < 1.29 is 9.66 Å². The van der Waals surface area contributed by atoms with Crippen molar-refractivity contribution in [2.24, 2.45) is 5.92 Å². The van der Waals surface area contributed by atoms with Crippen LogP contribution in [-0.2, 0) is 0 Å². The van der Waals surface area contributed by atoms with Crippen LogP contribution in [0, 0.1) is 27.4 Å². The Labute approximate surface area is 112 Å². The van der Waals surface area contributed by atoms with Gasteiger partial charge >= 0.3 is 5.69 Å². The van der Waals surface area contributed by atoms with Crippen LogP contribution in [0.4, 0.5) is 5.69 Å². The summed E-state index contributed by atoms with van der Waals surface area (Å²) in [5, 5.41) is 19.8. The van der Waals surface area contributed by atoms with E-state index in [0.29, 0.717) is 5.92 Å². The van der Waals surface area contributed by atoms with Gasteiger partial charge < -0.3 is 4.74 Å².